The Kier molecular flexibility index (Phi) is 5.39. The largest absolute Gasteiger partial charge is 0.379 e. The lowest BCUT2D eigenvalue weighted by Crippen LogP contribution is -2.65. The van der Waals surface area contributed by atoms with Gasteiger partial charge in [-0.3, -0.25) is 9.59 Å². The lowest BCUT2D eigenvalue weighted by molar-refractivity contribution is -0.152. The number of amides is 2. The van der Waals surface area contributed by atoms with Crippen LogP contribution in [0, 0.1) is 11.8 Å². The number of nitrogens with zero attached hydrogens (tertiary/aromatic N) is 1. The summed E-state index contributed by atoms with van der Waals surface area (Å²) in [5.74, 6) is 0.469. The van der Waals surface area contributed by atoms with E-state index in [1.54, 1.807) is 11.0 Å². The first-order chi connectivity index (χ1) is 10.1. The summed E-state index contributed by atoms with van der Waals surface area (Å²) in [6.45, 7) is 9.14. The molecule has 1 aliphatic carbocycles. The molecule has 0 aromatic carbocycles. The fourth-order valence-corrected chi connectivity index (χ4v) is 2.85. The number of piperazine rings is 1. The lowest BCUT2D eigenvalue weighted by Gasteiger charge is -2.41. The van der Waals surface area contributed by atoms with Crippen molar-refractivity contribution in [2.75, 3.05) is 19.8 Å². The summed E-state index contributed by atoms with van der Waals surface area (Å²) in [5.41, 5.74) is 0. The van der Waals surface area contributed by atoms with Crippen molar-refractivity contribution in [3.05, 3.63) is 12.7 Å². The first-order valence-corrected chi connectivity index (χ1v) is 7.85. The second-order valence-electron chi connectivity index (χ2n) is 6.23. The Morgan fingerprint density at radius 1 is 1.38 bits per heavy atom. The van der Waals surface area contributed by atoms with Gasteiger partial charge in [-0.15, -0.1) is 6.58 Å². The van der Waals surface area contributed by atoms with Crippen molar-refractivity contribution in [2.24, 2.45) is 11.8 Å². The van der Waals surface area contributed by atoms with Crippen molar-refractivity contribution < 1.29 is 14.3 Å². The summed E-state index contributed by atoms with van der Waals surface area (Å²) >= 11 is 0. The van der Waals surface area contributed by atoms with Gasteiger partial charge in [0.2, 0.25) is 11.8 Å². The van der Waals surface area contributed by atoms with Gasteiger partial charge in [-0.05, 0) is 31.1 Å². The predicted molar refractivity (Wildman–Crippen MR) is 80.6 cm³/mol. The third-order valence-corrected chi connectivity index (χ3v) is 4.12. The topological polar surface area (TPSA) is 58.6 Å². The number of nitrogens with one attached hydrogen (secondary N) is 1. The Balaban J connectivity index is 1.98. The molecular weight excluding hydrogens is 268 g/mol. The Bertz CT molecular complexity index is 404. The summed E-state index contributed by atoms with van der Waals surface area (Å²) in [5, 5.41) is 2.92. The van der Waals surface area contributed by atoms with Gasteiger partial charge >= 0.3 is 0 Å². The summed E-state index contributed by atoms with van der Waals surface area (Å²) in [6.07, 6.45) is 4.67. The Morgan fingerprint density at radius 2 is 2.10 bits per heavy atom. The van der Waals surface area contributed by atoms with Crippen LogP contribution in [0.1, 0.15) is 33.1 Å². The minimum Gasteiger partial charge on any atom is -0.379 e. The van der Waals surface area contributed by atoms with Crippen LogP contribution in [0.25, 0.3) is 0 Å². The number of ether oxygens (including phenoxy) is 1. The van der Waals surface area contributed by atoms with Gasteiger partial charge in [0.15, 0.2) is 0 Å². The molecule has 2 fully saturated rings. The van der Waals surface area contributed by atoms with Crippen molar-refractivity contribution in [1.82, 2.24) is 10.2 Å². The third kappa shape index (κ3) is 3.84. The zero-order chi connectivity index (χ0) is 15.4. The van der Waals surface area contributed by atoms with Crippen molar-refractivity contribution in [2.45, 2.75) is 45.2 Å². The van der Waals surface area contributed by atoms with Crippen molar-refractivity contribution in [3.63, 3.8) is 0 Å². The molecule has 2 amide bonds. The van der Waals surface area contributed by atoms with Crippen molar-refractivity contribution in [1.29, 1.82) is 0 Å². The quantitative estimate of drug-likeness (QED) is 0.543. The Hall–Kier alpha value is -1.36. The van der Waals surface area contributed by atoms with Crippen LogP contribution in [-0.2, 0) is 14.3 Å². The van der Waals surface area contributed by atoms with Crippen molar-refractivity contribution in [3.8, 4) is 0 Å². The molecule has 2 aliphatic rings. The van der Waals surface area contributed by atoms with E-state index in [1.165, 1.54) is 0 Å². The summed E-state index contributed by atoms with van der Waals surface area (Å²) in [4.78, 5) is 26.7. The molecule has 2 atom stereocenters. The third-order valence-electron chi connectivity index (χ3n) is 4.12. The zero-order valence-corrected chi connectivity index (χ0v) is 13.0. The first-order valence-electron chi connectivity index (χ1n) is 7.85. The highest BCUT2D eigenvalue weighted by atomic mass is 16.5. The summed E-state index contributed by atoms with van der Waals surface area (Å²) in [6, 6.07) is -0.698. The molecule has 1 saturated heterocycles. The van der Waals surface area contributed by atoms with E-state index in [-0.39, 0.29) is 29.8 Å². The SMILES string of the molecule is C=CCCOCCN1C(=O)C(C2CC2)NC(=O)C1C(C)C. The van der Waals surface area contributed by atoms with Crippen LogP contribution in [-0.4, -0.2) is 48.6 Å². The van der Waals surface area contributed by atoms with Gasteiger partial charge in [0.1, 0.15) is 12.1 Å². The maximum Gasteiger partial charge on any atom is 0.246 e. The van der Waals surface area contributed by atoms with E-state index >= 15 is 0 Å². The molecule has 21 heavy (non-hydrogen) atoms. The van der Waals surface area contributed by atoms with E-state index in [1.807, 2.05) is 13.8 Å². The van der Waals surface area contributed by atoms with E-state index < -0.39 is 0 Å². The normalized spacial score (nSPS) is 26.1. The van der Waals surface area contributed by atoms with E-state index in [9.17, 15) is 9.59 Å². The molecule has 1 saturated carbocycles. The Labute approximate surface area is 126 Å². The average molecular weight is 294 g/mol. The van der Waals surface area contributed by atoms with E-state index in [0.717, 1.165) is 19.3 Å². The molecule has 0 radical (unpaired) electrons. The van der Waals surface area contributed by atoms with Gasteiger partial charge in [0, 0.05) is 6.54 Å². The van der Waals surface area contributed by atoms with E-state index in [2.05, 4.69) is 11.9 Å². The smallest absolute Gasteiger partial charge is 0.246 e. The van der Waals surface area contributed by atoms with Gasteiger partial charge in [0.25, 0.3) is 0 Å². The highest BCUT2D eigenvalue weighted by Crippen LogP contribution is 2.35. The maximum atomic E-state index is 12.6. The number of carbonyl (C=O) groups excluding carboxylic acids is 2. The molecule has 0 spiro atoms. The van der Waals surface area contributed by atoms with Gasteiger partial charge < -0.3 is 15.0 Å². The monoisotopic (exact) mass is 294 g/mol. The second kappa shape index (κ2) is 7.07. The van der Waals surface area contributed by atoms with Gasteiger partial charge in [-0.25, -0.2) is 0 Å². The predicted octanol–water partition coefficient (Wildman–Crippen LogP) is 1.34. The number of rotatable bonds is 8. The van der Waals surface area contributed by atoms with E-state index in [0.29, 0.717) is 25.7 Å². The highest BCUT2D eigenvalue weighted by molar-refractivity contribution is 5.97. The summed E-state index contributed by atoms with van der Waals surface area (Å²) < 4.78 is 5.50. The minimum atomic E-state index is -0.379. The average Bonchev–Trinajstić information content (AvgIpc) is 3.25. The van der Waals surface area contributed by atoms with Crippen LogP contribution in [0.2, 0.25) is 0 Å². The molecule has 0 bridgehead atoms. The van der Waals surface area contributed by atoms with Gasteiger partial charge in [0.05, 0.1) is 13.2 Å². The standard InChI is InChI=1S/C16H26N2O3/c1-4-5-9-21-10-8-18-14(11(2)3)15(19)17-13(16(18)20)12-6-7-12/h4,11-14H,1,5-10H2,2-3H3,(H,17,19). The molecule has 5 nitrogen and oxygen atoms in total. The highest BCUT2D eigenvalue weighted by Gasteiger charge is 2.47. The molecule has 118 valence electrons. The van der Waals surface area contributed by atoms with Crippen LogP contribution in [0.15, 0.2) is 12.7 Å². The molecule has 1 aliphatic heterocycles. The first kappa shape index (κ1) is 16.0. The van der Waals surface area contributed by atoms with Crippen LogP contribution < -0.4 is 5.32 Å². The Morgan fingerprint density at radius 3 is 2.67 bits per heavy atom. The number of hydrogen-bond donors (Lipinski definition) is 1. The molecule has 1 heterocycles. The molecule has 1 N–H and O–H groups in total. The molecule has 2 unspecified atom stereocenters. The zero-order valence-electron chi connectivity index (χ0n) is 13.0. The fourth-order valence-electron chi connectivity index (χ4n) is 2.85. The lowest BCUT2D eigenvalue weighted by atomic mass is 9.95. The van der Waals surface area contributed by atoms with E-state index in [4.69, 9.17) is 4.74 Å². The fraction of sp³-hybridized carbons (Fsp3) is 0.750. The number of carbonyl (C=O) groups is 2. The maximum absolute atomic E-state index is 12.6. The molecule has 0 aromatic heterocycles. The van der Waals surface area contributed by atoms with Crippen LogP contribution in [0.4, 0.5) is 0 Å². The molecule has 5 heteroatoms. The van der Waals surface area contributed by atoms with Crippen molar-refractivity contribution >= 4 is 11.8 Å². The molecule has 2 rings (SSSR count). The van der Waals surface area contributed by atoms with Gasteiger partial charge in [-0.2, -0.15) is 0 Å². The minimum absolute atomic E-state index is 0.0207. The van der Waals surface area contributed by atoms with Crippen LogP contribution in [0.5, 0.6) is 0 Å². The van der Waals surface area contributed by atoms with Crippen LogP contribution >= 0.6 is 0 Å². The molecule has 0 aromatic rings. The molecular formula is C16H26N2O3. The second-order valence-corrected chi connectivity index (χ2v) is 6.23. The number of hydrogen-bond acceptors (Lipinski definition) is 3. The summed E-state index contributed by atoms with van der Waals surface area (Å²) in [7, 11) is 0. The van der Waals surface area contributed by atoms with Gasteiger partial charge in [-0.1, -0.05) is 19.9 Å². The van der Waals surface area contributed by atoms with Crippen LogP contribution in [0.3, 0.4) is 0 Å².